The third kappa shape index (κ3) is 4.57. The predicted octanol–water partition coefficient (Wildman–Crippen LogP) is 1.32. The molecular weight excluding hydrogens is 284 g/mol. The predicted molar refractivity (Wildman–Crippen MR) is 83.7 cm³/mol. The number of hydrogen-bond donors (Lipinski definition) is 3. The lowest BCUT2D eigenvalue weighted by Crippen LogP contribution is -2.18. The zero-order valence-electron chi connectivity index (χ0n) is 12.7. The Labute approximate surface area is 129 Å². The van der Waals surface area contributed by atoms with Gasteiger partial charge >= 0.3 is 0 Å². The molecule has 0 aliphatic carbocycles. The van der Waals surface area contributed by atoms with Crippen LogP contribution in [0.25, 0.3) is 0 Å². The summed E-state index contributed by atoms with van der Waals surface area (Å²) in [6, 6.07) is 9.25. The Balaban J connectivity index is 2.16. The van der Waals surface area contributed by atoms with Crippen LogP contribution in [0.2, 0.25) is 0 Å². The van der Waals surface area contributed by atoms with Crippen molar-refractivity contribution in [3.8, 4) is 11.6 Å². The van der Waals surface area contributed by atoms with Gasteiger partial charge < -0.3 is 25.2 Å². The third-order valence-corrected chi connectivity index (χ3v) is 2.89. The van der Waals surface area contributed by atoms with Gasteiger partial charge in [-0.05, 0) is 12.1 Å². The molecular formula is C15H20N4O3. The van der Waals surface area contributed by atoms with E-state index in [9.17, 15) is 0 Å². The van der Waals surface area contributed by atoms with E-state index in [0.717, 1.165) is 17.1 Å². The number of benzene rings is 1. The minimum atomic E-state index is 0.0805. The summed E-state index contributed by atoms with van der Waals surface area (Å²) in [7, 11) is 3.18. The highest BCUT2D eigenvalue weighted by molar-refractivity contribution is 5.56. The summed E-state index contributed by atoms with van der Waals surface area (Å²) in [5, 5.41) is 15.0. The molecule has 0 saturated carbocycles. The van der Waals surface area contributed by atoms with Gasteiger partial charge in [0.2, 0.25) is 11.8 Å². The molecule has 0 saturated heterocycles. The van der Waals surface area contributed by atoms with E-state index in [2.05, 4.69) is 20.6 Å². The van der Waals surface area contributed by atoms with Crippen LogP contribution >= 0.6 is 0 Å². The second kappa shape index (κ2) is 8.16. The van der Waals surface area contributed by atoms with E-state index >= 15 is 0 Å². The van der Waals surface area contributed by atoms with Crippen molar-refractivity contribution in [1.82, 2.24) is 15.3 Å². The van der Waals surface area contributed by atoms with Crippen LogP contribution in [-0.4, -0.2) is 42.4 Å². The van der Waals surface area contributed by atoms with Crippen molar-refractivity contribution in [2.24, 2.45) is 0 Å². The Morgan fingerprint density at radius 1 is 1.14 bits per heavy atom. The molecule has 7 nitrogen and oxygen atoms in total. The van der Waals surface area contributed by atoms with Gasteiger partial charge in [-0.1, -0.05) is 6.07 Å². The van der Waals surface area contributed by atoms with Gasteiger partial charge in [-0.3, -0.25) is 0 Å². The number of nitrogens with zero attached hydrogens (tertiary/aromatic N) is 2. The maximum Gasteiger partial charge on any atom is 0.230 e. The molecule has 0 amide bonds. The number of aliphatic hydroxyl groups is 1. The number of aromatic nitrogens is 2. The van der Waals surface area contributed by atoms with Gasteiger partial charge in [0.1, 0.15) is 5.75 Å². The average Bonchev–Trinajstić information content (AvgIpc) is 2.55. The summed E-state index contributed by atoms with van der Waals surface area (Å²) in [5.41, 5.74) is 1.59. The monoisotopic (exact) mass is 304 g/mol. The Hall–Kier alpha value is -2.38. The molecule has 2 aromatic rings. The summed E-state index contributed by atoms with van der Waals surface area (Å²) in [6.07, 6.45) is 0. The molecule has 0 fully saturated rings. The minimum absolute atomic E-state index is 0.0805. The fourth-order valence-corrected chi connectivity index (χ4v) is 1.85. The lowest BCUT2D eigenvalue weighted by atomic mass is 10.3. The van der Waals surface area contributed by atoms with Crippen molar-refractivity contribution >= 4 is 11.6 Å². The Morgan fingerprint density at radius 3 is 2.73 bits per heavy atom. The smallest absolute Gasteiger partial charge is 0.230 e. The van der Waals surface area contributed by atoms with Crippen LogP contribution in [0.3, 0.4) is 0 Å². The van der Waals surface area contributed by atoms with E-state index in [1.807, 2.05) is 24.3 Å². The minimum Gasteiger partial charge on any atom is -0.497 e. The van der Waals surface area contributed by atoms with Crippen LogP contribution in [0.1, 0.15) is 5.69 Å². The normalized spacial score (nSPS) is 10.3. The zero-order chi connectivity index (χ0) is 15.8. The van der Waals surface area contributed by atoms with E-state index in [1.165, 1.54) is 0 Å². The quantitative estimate of drug-likeness (QED) is 0.634. The maximum atomic E-state index is 8.80. The molecule has 3 N–H and O–H groups in total. The van der Waals surface area contributed by atoms with Gasteiger partial charge in [0.05, 0.1) is 26.5 Å². The van der Waals surface area contributed by atoms with Crippen molar-refractivity contribution in [3.05, 3.63) is 36.0 Å². The topological polar surface area (TPSA) is 88.5 Å². The summed E-state index contributed by atoms with van der Waals surface area (Å²) < 4.78 is 10.4. The molecule has 7 heteroatoms. The molecule has 118 valence electrons. The first kappa shape index (κ1) is 16.0. The SMILES string of the molecule is COc1cccc(Nc2nc(CNCCO)cc(OC)n2)c1. The highest BCUT2D eigenvalue weighted by atomic mass is 16.5. The molecule has 0 atom stereocenters. The van der Waals surface area contributed by atoms with Gasteiger partial charge in [0, 0.05) is 30.9 Å². The Morgan fingerprint density at radius 2 is 2.00 bits per heavy atom. The first-order chi connectivity index (χ1) is 10.7. The molecule has 0 bridgehead atoms. The van der Waals surface area contributed by atoms with Crippen LogP contribution in [0.15, 0.2) is 30.3 Å². The number of methoxy groups -OCH3 is 2. The lowest BCUT2D eigenvalue weighted by molar-refractivity contribution is 0.291. The third-order valence-electron chi connectivity index (χ3n) is 2.89. The maximum absolute atomic E-state index is 8.80. The average molecular weight is 304 g/mol. The highest BCUT2D eigenvalue weighted by Crippen LogP contribution is 2.21. The molecule has 0 unspecified atom stereocenters. The lowest BCUT2D eigenvalue weighted by Gasteiger charge is -2.10. The number of anilines is 2. The van der Waals surface area contributed by atoms with Crippen LogP contribution < -0.4 is 20.1 Å². The summed E-state index contributed by atoms with van der Waals surface area (Å²) >= 11 is 0. The second-order valence-corrected chi connectivity index (χ2v) is 4.48. The van der Waals surface area contributed by atoms with Crippen LogP contribution in [-0.2, 0) is 6.54 Å². The van der Waals surface area contributed by atoms with Gasteiger partial charge in [-0.15, -0.1) is 0 Å². The number of nitrogens with one attached hydrogen (secondary N) is 2. The summed E-state index contributed by atoms with van der Waals surface area (Å²) in [6.45, 7) is 1.11. The largest absolute Gasteiger partial charge is 0.497 e. The van der Waals surface area contributed by atoms with E-state index in [0.29, 0.717) is 24.9 Å². The van der Waals surface area contributed by atoms with Crippen molar-refractivity contribution < 1.29 is 14.6 Å². The molecule has 0 spiro atoms. The van der Waals surface area contributed by atoms with Gasteiger partial charge in [0.25, 0.3) is 0 Å². The van der Waals surface area contributed by atoms with Crippen LogP contribution in [0.5, 0.6) is 11.6 Å². The van der Waals surface area contributed by atoms with Gasteiger partial charge in [-0.25, -0.2) is 4.98 Å². The highest BCUT2D eigenvalue weighted by Gasteiger charge is 2.06. The molecule has 0 radical (unpaired) electrons. The number of aliphatic hydroxyl groups excluding tert-OH is 1. The number of ether oxygens (including phenoxy) is 2. The molecule has 1 heterocycles. The Bertz CT molecular complexity index is 607. The first-order valence-electron chi connectivity index (χ1n) is 6.89. The standard InChI is InChI=1S/C15H20N4O3/c1-21-13-5-3-4-11(8-13)17-15-18-12(10-16-6-7-20)9-14(19-15)22-2/h3-5,8-9,16,20H,6-7,10H2,1-2H3,(H,17,18,19). The second-order valence-electron chi connectivity index (χ2n) is 4.48. The molecule has 2 rings (SSSR count). The molecule has 0 aliphatic heterocycles. The fourth-order valence-electron chi connectivity index (χ4n) is 1.85. The van der Waals surface area contributed by atoms with Crippen LogP contribution in [0.4, 0.5) is 11.6 Å². The van der Waals surface area contributed by atoms with E-state index in [1.54, 1.807) is 20.3 Å². The van der Waals surface area contributed by atoms with Gasteiger partial charge in [0.15, 0.2) is 0 Å². The van der Waals surface area contributed by atoms with Crippen molar-refractivity contribution in [1.29, 1.82) is 0 Å². The van der Waals surface area contributed by atoms with Crippen LogP contribution in [0, 0.1) is 0 Å². The zero-order valence-corrected chi connectivity index (χ0v) is 12.7. The summed E-state index contributed by atoms with van der Waals surface area (Å²) in [4.78, 5) is 8.69. The fraction of sp³-hybridized carbons (Fsp3) is 0.333. The number of rotatable bonds is 8. The molecule has 1 aromatic carbocycles. The number of hydrogen-bond acceptors (Lipinski definition) is 7. The first-order valence-corrected chi connectivity index (χ1v) is 6.89. The van der Waals surface area contributed by atoms with E-state index in [-0.39, 0.29) is 6.61 Å². The molecule has 1 aromatic heterocycles. The van der Waals surface area contributed by atoms with E-state index < -0.39 is 0 Å². The van der Waals surface area contributed by atoms with E-state index in [4.69, 9.17) is 14.6 Å². The molecule has 22 heavy (non-hydrogen) atoms. The van der Waals surface area contributed by atoms with Gasteiger partial charge in [-0.2, -0.15) is 4.98 Å². The van der Waals surface area contributed by atoms with Crippen molar-refractivity contribution in [2.45, 2.75) is 6.54 Å². The Kier molecular flexibility index (Phi) is 5.93. The van der Waals surface area contributed by atoms with Crippen molar-refractivity contribution in [3.63, 3.8) is 0 Å². The molecule has 0 aliphatic rings. The van der Waals surface area contributed by atoms with Crippen molar-refractivity contribution in [2.75, 3.05) is 32.7 Å². The summed E-state index contributed by atoms with van der Waals surface area (Å²) in [5.74, 6) is 1.66.